The molecule has 0 saturated heterocycles. The van der Waals surface area contributed by atoms with Crippen LogP contribution in [-0.2, 0) is 17.9 Å². The lowest BCUT2D eigenvalue weighted by Crippen LogP contribution is -2.30. The number of benzene rings is 3. The van der Waals surface area contributed by atoms with Crippen molar-refractivity contribution in [2.24, 2.45) is 7.05 Å². The van der Waals surface area contributed by atoms with Gasteiger partial charge in [0.25, 0.3) is 0 Å². The Morgan fingerprint density at radius 1 is 0.718 bits per heavy atom. The minimum atomic E-state index is -0.0804. The molecule has 6 aromatic rings. The van der Waals surface area contributed by atoms with E-state index in [1.807, 2.05) is 0 Å². The molecule has 3 aromatic heterocycles. The summed E-state index contributed by atoms with van der Waals surface area (Å²) >= 11 is 0. The van der Waals surface area contributed by atoms with Crippen LogP contribution < -0.4 is 4.57 Å². The van der Waals surface area contributed by atoms with Crippen molar-refractivity contribution in [3.05, 3.63) is 89.9 Å². The summed E-state index contributed by atoms with van der Waals surface area (Å²) in [5.74, 6) is 0.743. The molecule has 4 nitrogen and oxygen atoms in total. The molecule has 0 spiro atoms. The van der Waals surface area contributed by atoms with Crippen molar-refractivity contribution in [1.82, 2.24) is 9.97 Å². The SMILES string of the molecule is Cc1ccc2c(oc3cc(-c4nc(C(C)(C)C)cc(C(C)(C)C)n4)ccc32)c1-c1cc2ccccc2c[n+]1C. The lowest BCUT2D eigenvalue weighted by molar-refractivity contribution is -0.659. The van der Waals surface area contributed by atoms with E-state index in [4.69, 9.17) is 14.4 Å². The number of hydrogen-bond acceptors (Lipinski definition) is 3. The number of fused-ring (bicyclic) bond motifs is 4. The number of furan rings is 1. The molecule has 3 heterocycles. The number of hydrogen-bond donors (Lipinski definition) is 0. The third kappa shape index (κ3) is 4.38. The van der Waals surface area contributed by atoms with Gasteiger partial charge in [0.15, 0.2) is 12.0 Å². The van der Waals surface area contributed by atoms with Gasteiger partial charge in [0.05, 0.1) is 17.0 Å². The highest BCUT2D eigenvalue weighted by Gasteiger charge is 2.25. The van der Waals surface area contributed by atoms with Crippen molar-refractivity contribution in [3.8, 4) is 22.6 Å². The van der Waals surface area contributed by atoms with E-state index < -0.39 is 0 Å². The Bertz CT molecular complexity index is 1870. The quantitative estimate of drug-likeness (QED) is 0.217. The van der Waals surface area contributed by atoms with Gasteiger partial charge in [-0.3, -0.25) is 0 Å². The summed E-state index contributed by atoms with van der Waals surface area (Å²) in [6.45, 7) is 15.3. The number of aryl methyl sites for hydroxylation is 2. The topological polar surface area (TPSA) is 42.8 Å². The number of nitrogens with zero attached hydrogens (tertiary/aromatic N) is 3. The van der Waals surface area contributed by atoms with E-state index in [2.05, 4.69) is 133 Å². The Morgan fingerprint density at radius 2 is 1.36 bits per heavy atom. The first kappa shape index (κ1) is 25.2. The Hall–Kier alpha value is -4.05. The van der Waals surface area contributed by atoms with Gasteiger partial charge < -0.3 is 4.42 Å². The van der Waals surface area contributed by atoms with Gasteiger partial charge in [0.2, 0.25) is 5.69 Å². The second-order valence-electron chi connectivity index (χ2n) is 12.8. The van der Waals surface area contributed by atoms with Crippen LogP contribution in [-0.4, -0.2) is 9.97 Å². The summed E-state index contributed by atoms with van der Waals surface area (Å²) in [5, 5.41) is 4.65. The van der Waals surface area contributed by atoms with Gasteiger partial charge in [-0.05, 0) is 42.1 Å². The van der Waals surface area contributed by atoms with Crippen molar-refractivity contribution in [2.45, 2.75) is 59.3 Å². The third-order valence-corrected chi connectivity index (χ3v) is 7.63. The van der Waals surface area contributed by atoms with Gasteiger partial charge in [-0.25, -0.2) is 14.5 Å². The highest BCUT2D eigenvalue weighted by atomic mass is 16.3. The van der Waals surface area contributed by atoms with Crippen LogP contribution in [0.5, 0.6) is 0 Å². The van der Waals surface area contributed by atoms with Gasteiger partial charge in [-0.1, -0.05) is 77.9 Å². The molecule has 196 valence electrons. The Labute approximate surface area is 230 Å². The van der Waals surface area contributed by atoms with Crippen LogP contribution >= 0.6 is 0 Å². The van der Waals surface area contributed by atoms with E-state index in [0.717, 1.165) is 56.0 Å². The molecule has 0 saturated carbocycles. The van der Waals surface area contributed by atoms with E-state index in [9.17, 15) is 0 Å². The van der Waals surface area contributed by atoms with Crippen LogP contribution in [0.3, 0.4) is 0 Å². The van der Waals surface area contributed by atoms with Gasteiger partial charge >= 0.3 is 0 Å². The first-order valence-electron chi connectivity index (χ1n) is 13.7. The second-order valence-corrected chi connectivity index (χ2v) is 12.8. The highest BCUT2D eigenvalue weighted by molar-refractivity contribution is 6.10. The largest absolute Gasteiger partial charge is 0.455 e. The summed E-state index contributed by atoms with van der Waals surface area (Å²) in [7, 11) is 2.10. The lowest BCUT2D eigenvalue weighted by Gasteiger charge is -2.24. The van der Waals surface area contributed by atoms with Crippen LogP contribution in [0.1, 0.15) is 58.5 Å². The third-order valence-electron chi connectivity index (χ3n) is 7.63. The van der Waals surface area contributed by atoms with Crippen molar-refractivity contribution in [1.29, 1.82) is 0 Å². The van der Waals surface area contributed by atoms with E-state index in [0.29, 0.717) is 0 Å². The van der Waals surface area contributed by atoms with Gasteiger partial charge in [0.1, 0.15) is 18.2 Å². The maximum Gasteiger partial charge on any atom is 0.216 e. The fourth-order valence-electron chi connectivity index (χ4n) is 5.28. The van der Waals surface area contributed by atoms with Crippen molar-refractivity contribution in [3.63, 3.8) is 0 Å². The molecule has 6 rings (SSSR count). The molecule has 0 bridgehead atoms. The van der Waals surface area contributed by atoms with Gasteiger partial charge in [-0.15, -0.1) is 0 Å². The van der Waals surface area contributed by atoms with Crippen molar-refractivity contribution in [2.75, 3.05) is 0 Å². The normalized spacial score (nSPS) is 12.6. The first-order chi connectivity index (χ1) is 18.4. The molecule has 0 N–H and O–H groups in total. The number of rotatable bonds is 2. The van der Waals surface area contributed by atoms with Crippen molar-refractivity contribution >= 4 is 32.7 Å². The zero-order valence-electron chi connectivity index (χ0n) is 24.2. The molecule has 0 aliphatic carbocycles. The van der Waals surface area contributed by atoms with E-state index in [1.54, 1.807) is 0 Å². The summed E-state index contributed by atoms with van der Waals surface area (Å²) in [6, 6.07) is 23.6. The maximum absolute atomic E-state index is 6.67. The highest BCUT2D eigenvalue weighted by Crippen LogP contribution is 2.39. The van der Waals surface area contributed by atoms with Crippen LogP contribution in [0, 0.1) is 6.92 Å². The molecule has 0 atom stereocenters. The molecule has 4 heteroatoms. The minimum Gasteiger partial charge on any atom is -0.455 e. The van der Waals surface area contributed by atoms with Gasteiger partial charge in [-0.2, -0.15) is 0 Å². The summed E-state index contributed by atoms with van der Waals surface area (Å²) in [4.78, 5) is 10.0. The zero-order chi connectivity index (χ0) is 27.7. The zero-order valence-corrected chi connectivity index (χ0v) is 24.2. The average Bonchev–Trinajstić information content (AvgIpc) is 3.25. The monoisotopic (exact) mass is 514 g/mol. The van der Waals surface area contributed by atoms with E-state index in [-0.39, 0.29) is 10.8 Å². The number of pyridine rings is 1. The molecule has 0 aliphatic rings. The Morgan fingerprint density at radius 3 is 2.03 bits per heavy atom. The van der Waals surface area contributed by atoms with Crippen molar-refractivity contribution < 1.29 is 8.98 Å². The molecule has 39 heavy (non-hydrogen) atoms. The van der Waals surface area contributed by atoms with Crippen LogP contribution in [0.2, 0.25) is 0 Å². The summed E-state index contributed by atoms with van der Waals surface area (Å²) in [6.07, 6.45) is 2.19. The summed E-state index contributed by atoms with van der Waals surface area (Å²) < 4.78 is 8.87. The van der Waals surface area contributed by atoms with E-state index in [1.165, 1.54) is 16.3 Å². The standard InChI is InChI=1S/C35H36N3O/c1-21-13-15-26-25-16-14-23(33-36-29(34(2,3)4)19-30(37-33)35(5,6)7)18-28(25)39-32(26)31(21)27-17-22-11-9-10-12-24(22)20-38(27)8/h9-20H,1-8H3/q+1. The lowest BCUT2D eigenvalue weighted by atomic mass is 9.86. The average molecular weight is 515 g/mol. The van der Waals surface area contributed by atoms with Crippen LogP contribution in [0.25, 0.3) is 55.4 Å². The fraction of sp³-hybridized carbons (Fsp3) is 0.286. The Balaban J connectivity index is 1.57. The van der Waals surface area contributed by atoms with E-state index >= 15 is 0 Å². The second kappa shape index (κ2) is 8.74. The minimum absolute atomic E-state index is 0.0804. The predicted molar refractivity (Wildman–Crippen MR) is 161 cm³/mol. The predicted octanol–water partition coefficient (Wildman–Crippen LogP) is 8.59. The summed E-state index contributed by atoms with van der Waals surface area (Å²) in [5.41, 5.74) is 8.09. The molecular weight excluding hydrogens is 478 g/mol. The Kier molecular flexibility index (Phi) is 5.65. The molecular formula is C35H36N3O+. The molecule has 3 aromatic carbocycles. The van der Waals surface area contributed by atoms with Gasteiger partial charge in [0, 0.05) is 38.6 Å². The van der Waals surface area contributed by atoms with Crippen LogP contribution in [0.15, 0.2) is 77.3 Å². The molecule has 0 radical (unpaired) electrons. The molecule has 0 amide bonds. The fourth-order valence-corrected chi connectivity index (χ4v) is 5.28. The first-order valence-corrected chi connectivity index (χ1v) is 13.7. The molecule has 0 fully saturated rings. The molecule has 0 unspecified atom stereocenters. The smallest absolute Gasteiger partial charge is 0.216 e. The maximum atomic E-state index is 6.67. The van der Waals surface area contributed by atoms with Crippen LogP contribution in [0.4, 0.5) is 0 Å². The number of aromatic nitrogens is 3. The molecule has 0 aliphatic heterocycles.